The molecular weight excluding hydrogens is 202 g/mol. The van der Waals surface area contributed by atoms with Crippen molar-refractivity contribution in [2.24, 2.45) is 0 Å². The molecule has 4 heteroatoms. The maximum atomic E-state index is 10.3. The van der Waals surface area contributed by atoms with Crippen molar-refractivity contribution < 1.29 is 9.53 Å². The van der Waals surface area contributed by atoms with Crippen LogP contribution in [0, 0.1) is 0 Å². The number of amides is 1. The molecule has 0 bridgehead atoms. The number of ether oxygens (including phenoxy) is 1. The molecule has 1 aromatic rings. The summed E-state index contributed by atoms with van der Waals surface area (Å²) < 4.78 is 5.41. The average molecular weight is 214 g/mol. The molecule has 1 amide bonds. The molecule has 0 aliphatic carbocycles. The Morgan fingerprint density at radius 3 is 3.00 bits per heavy atom. The van der Waals surface area contributed by atoms with E-state index >= 15 is 0 Å². The zero-order valence-corrected chi connectivity index (χ0v) is 8.67. The van der Waals surface area contributed by atoms with E-state index < -0.39 is 0 Å². The summed E-state index contributed by atoms with van der Waals surface area (Å²) in [5.74, 6) is 0.642. The Hall–Kier alpha value is -1.22. The molecule has 0 spiro atoms. The van der Waals surface area contributed by atoms with Crippen LogP contribution in [-0.4, -0.2) is 13.0 Å². The van der Waals surface area contributed by atoms with Gasteiger partial charge in [0.15, 0.2) is 0 Å². The summed E-state index contributed by atoms with van der Waals surface area (Å²) in [5.41, 5.74) is 0.598. The second-order valence-corrected chi connectivity index (χ2v) is 3.19. The van der Waals surface area contributed by atoms with Gasteiger partial charge in [-0.05, 0) is 24.6 Å². The summed E-state index contributed by atoms with van der Waals surface area (Å²) in [6.45, 7) is 2.64. The van der Waals surface area contributed by atoms with Gasteiger partial charge >= 0.3 is 0 Å². The number of rotatable bonds is 5. The molecule has 1 rings (SSSR count). The molecule has 1 aromatic carbocycles. The highest BCUT2D eigenvalue weighted by atomic mass is 35.5. The van der Waals surface area contributed by atoms with E-state index in [1.165, 1.54) is 0 Å². The first-order chi connectivity index (χ1) is 6.77. The molecule has 3 nitrogen and oxygen atoms in total. The quantitative estimate of drug-likeness (QED) is 0.764. The second kappa shape index (κ2) is 5.50. The molecule has 0 saturated heterocycles. The number of benzene rings is 1. The van der Waals surface area contributed by atoms with Crippen LogP contribution in [0.3, 0.4) is 0 Å². The van der Waals surface area contributed by atoms with Crippen LogP contribution in [-0.2, 0) is 4.79 Å². The van der Waals surface area contributed by atoms with Gasteiger partial charge in [-0.15, -0.1) is 0 Å². The molecule has 1 N–H and O–H groups in total. The van der Waals surface area contributed by atoms with E-state index in [1.54, 1.807) is 18.2 Å². The van der Waals surface area contributed by atoms with Crippen molar-refractivity contribution in [2.45, 2.75) is 13.3 Å². The molecule has 0 unspecified atom stereocenters. The molecule has 0 radical (unpaired) electrons. The van der Waals surface area contributed by atoms with E-state index in [0.717, 1.165) is 6.42 Å². The Morgan fingerprint density at radius 1 is 1.57 bits per heavy atom. The van der Waals surface area contributed by atoms with Gasteiger partial charge in [-0.25, -0.2) is 0 Å². The monoisotopic (exact) mass is 213 g/mol. The third kappa shape index (κ3) is 2.92. The highest BCUT2D eigenvalue weighted by Gasteiger charge is 2.03. The van der Waals surface area contributed by atoms with Gasteiger partial charge in [0.25, 0.3) is 0 Å². The first-order valence-electron chi connectivity index (χ1n) is 4.40. The maximum Gasteiger partial charge on any atom is 0.211 e. The van der Waals surface area contributed by atoms with Crippen LogP contribution in [0.15, 0.2) is 18.2 Å². The molecule has 0 aromatic heterocycles. The minimum atomic E-state index is 0.568. The highest BCUT2D eigenvalue weighted by molar-refractivity contribution is 6.31. The zero-order valence-electron chi connectivity index (χ0n) is 7.92. The fourth-order valence-electron chi connectivity index (χ4n) is 1.02. The van der Waals surface area contributed by atoms with E-state index in [-0.39, 0.29) is 0 Å². The number of carbonyl (C=O) groups is 1. The van der Waals surface area contributed by atoms with Gasteiger partial charge in [-0.1, -0.05) is 18.5 Å². The van der Waals surface area contributed by atoms with Crippen LogP contribution < -0.4 is 10.1 Å². The third-order valence-electron chi connectivity index (χ3n) is 1.62. The second-order valence-electron chi connectivity index (χ2n) is 2.75. The number of hydrogen-bond acceptors (Lipinski definition) is 2. The summed E-state index contributed by atoms with van der Waals surface area (Å²) in [6, 6.07) is 5.12. The Balaban J connectivity index is 2.83. The predicted octanol–water partition coefficient (Wildman–Crippen LogP) is 2.70. The molecule has 0 atom stereocenters. The van der Waals surface area contributed by atoms with Crippen molar-refractivity contribution in [1.29, 1.82) is 0 Å². The topological polar surface area (TPSA) is 38.3 Å². The predicted molar refractivity (Wildman–Crippen MR) is 56.9 cm³/mol. The molecular formula is C10H12ClNO2. The van der Waals surface area contributed by atoms with E-state index in [0.29, 0.717) is 29.5 Å². The lowest BCUT2D eigenvalue weighted by molar-refractivity contribution is -0.105. The van der Waals surface area contributed by atoms with Crippen LogP contribution in [0.1, 0.15) is 13.3 Å². The minimum absolute atomic E-state index is 0.568. The summed E-state index contributed by atoms with van der Waals surface area (Å²) >= 11 is 5.78. The van der Waals surface area contributed by atoms with E-state index in [1.807, 2.05) is 6.92 Å². The molecule has 0 aliphatic heterocycles. The van der Waals surface area contributed by atoms with Crippen molar-refractivity contribution in [1.82, 2.24) is 0 Å². The Kier molecular flexibility index (Phi) is 4.26. The average Bonchev–Trinajstić information content (AvgIpc) is 2.17. The van der Waals surface area contributed by atoms with Crippen molar-refractivity contribution >= 4 is 23.7 Å². The first-order valence-corrected chi connectivity index (χ1v) is 4.78. The van der Waals surface area contributed by atoms with Gasteiger partial charge in [0.05, 0.1) is 12.3 Å². The van der Waals surface area contributed by atoms with Crippen molar-refractivity contribution in [3.05, 3.63) is 23.2 Å². The van der Waals surface area contributed by atoms with Gasteiger partial charge < -0.3 is 10.1 Å². The molecule has 0 aliphatic rings. The first kappa shape index (κ1) is 10.9. The van der Waals surface area contributed by atoms with Crippen LogP contribution in [0.25, 0.3) is 0 Å². The number of anilines is 1. The molecule has 76 valence electrons. The molecule has 0 heterocycles. The summed E-state index contributed by atoms with van der Waals surface area (Å²) in [4.78, 5) is 10.3. The van der Waals surface area contributed by atoms with E-state index in [9.17, 15) is 4.79 Å². The van der Waals surface area contributed by atoms with Gasteiger partial charge in [-0.2, -0.15) is 0 Å². The smallest absolute Gasteiger partial charge is 0.211 e. The lowest BCUT2D eigenvalue weighted by Crippen LogP contribution is -2.01. The number of carbonyl (C=O) groups excluding carboxylic acids is 1. The lowest BCUT2D eigenvalue weighted by Gasteiger charge is -2.09. The van der Waals surface area contributed by atoms with Crippen LogP contribution >= 0.6 is 11.6 Å². The normalized spacial score (nSPS) is 9.57. The molecule has 0 fully saturated rings. The van der Waals surface area contributed by atoms with Crippen LogP contribution in [0.2, 0.25) is 5.02 Å². The Morgan fingerprint density at radius 2 is 2.36 bits per heavy atom. The van der Waals surface area contributed by atoms with E-state index in [4.69, 9.17) is 16.3 Å². The minimum Gasteiger partial charge on any atom is -0.491 e. The summed E-state index contributed by atoms with van der Waals surface area (Å²) in [6.07, 6.45) is 1.52. The number of halogens is 1. The summed E-state index contributed by atoms with van der Waals surface area (Å²) in [5, 5.41) is 3.10. The lowest BCUT2D eigenvalue weighted by atomic mass is 10.3. The van der Waals surface area contributed by atoms with Crippen molar-refractivity contribution in [3.8, 4) is 5.75 Å². The van der Waals surface area contributed by atoms with Gasteiger partial charge in [0, 0.05) is 5.02 Å². The Labute approximate surface area is 88.0 Å². The van der Waals surface area contributed by atoms with Gasteiger partial charge in [0.1, 0.15) is 5.75 Å². The largest absolute Gasteiger partial charge is 0.491 e. The maximum absolute atomic E-state index is 10.3. The van der Waals surface area contributed by atoms with Crippen LogP contribution in [0.5, 0.6) is 5.75 Å². The number of nitrogens with one attached hydrogen (secondary N) is 1. The fourth-order valence-corrected chi connectivity index (χ4v) is 1.19. The van der Waals surface area contributed by atoms with Crippen molar-refractivity contribution in [2.75, 3.05) is 11.9 Å². The van der Waals surface area contributed by atoms with Gasteiger partial charge in [-0.3, -0.25) is 4.79 Å². The van der Waals surface area contributed by atoms with Crippen LogP contribution in [0.4, 0.5) is 5.69 Å². The molecule has 0 saturated carbocycles. The third-order valence-corrected chi connectivity index (χ3v) is 1.85. The number of hydrogen-bond donors (Lipinski definition) is 1. The van der Waals surface area contributed by atoms with E-state index in [2.05, 4.69) is 5.32 Å². The highest BCUT2D eigenvalue weighted by Crippen LogP contribution is 2.27. The SMILES string of the molecule is CCCOc1ccc(Cl)cc1NC=O. The Bertz CT molecular complexity index is 315. The fraction of sp³-hybridized carbons (Fsp3) is 0.300. The van der Waals surface area contributed by atoms with Crippen molar-refractivity contribution in [3.63, 3.8) is 0 Å². The van der Waals surface area contributed by atoms with Gasteiger partial charge in [0.2, 0.25) is 6.41 Å². The molecule has 14 heavy (non-hydrogen) atoms. The zero-order chi connectivity index (χ0) is 10.4. The summed E-state index contributed by atoms with van der Waals surface area (Å²) in [7, 11) is 0. The standard InChI is InChI=1S/C10H12ClNO2/c1-2-5-14-10-4-3-8(11)6-9(10)12-7-13/h3-4,6-7H,2,5H2,1H3,(H,12,13).